The van der Waals surface area contributed by atoms with Gasteiger partial charge in [0.1, 0.15) is 0 Å². The smallest absolute Gasteiger partial charge is 0.314 e. The van der Waals surface area contributed by atoms with Gasteiger partial charge in [-0.3, -0.25) is 4.57 Å². The van der Waals surface area contributed by atoms with Crippen LogP contribution in [0.4, 0.5) is 0 Å². The minimum absolute atomic E-state index is 1.17. The molecule has 0 fully saturated rings. The van der Waals surface area contributed by atoms with Crippen molar-refractivity contribution >= 4 is 8.25 Å². The second-order valence-corrected chi connectivity index (χ2v) is 4.35. The van der Waals surface area contributed by atoms with Gasteiger partial charge in [0.15, 0.2) is 0 Å². The van der Waals surface area contributed by atoms with E-state index in [1.54, 1.807) is 0 Å². The first-order valence-corrected chi connectivity index (χ1v) is 8.20. The summed E-state index contributed by atoms with van der Waals surface area (Å²) in [6, 6.07) is 0. The van der Waals surface area contributed by atoms with Crippen LogP contribution in [0, 0.1) is 0 Å². The van der Waals surface area contributed by atoms with Gasteiger partial charge in [-0.25, -0.2) is 0 Å². The Balaban J connectivity index is -0.000000196. The number of hydrogen-bond acceptors (Lipinski definition) is 3. The van der Waals surface area contributed by atoms with Gasteiger partial charge in [-0.2, -0.15) is 0 Å². The van der Waals surface area contributed by atoms with E-state index >= 15 is 0 Å². The molecule has 0 aromatic carbocycles. The highest BCUT2D eigenvalue weighted by Gasteiger charge is 1.77. The quantitative estimate of drug-likeness (QED) is 0.405. The van der Waals surface area contributed by atoms with Gasteiger partial charge in [0, 0.05) is 0 Å². The Bertz CT molecular complexity index is 127. The van der Waals surface area contributed by atoms with Crippen LogP contribution in [0.5, 0.6) is 0 Å². The molecule has 5 nitrogen and oxygen atoms in total. The molecule has 0 saturated carbocycles. The Morgan fingerprint density at radius 3 is 1.00 bits per heavy atom. The Kier molecular flexibility index (Phi) is 33.2. The van der Waals surface area contributed by atoms with Crippen LogP contribution in [0.2, 0.25) is 0 Å². The average Bonchev–Trinajstić information content (AvgIpc) is 2.31. The van der Waals surface area contributed by atoms with Gasteiger partial charge in [0.25, 0.3) is 0 Å². The molecule has 0 heterocycles. The van der Waals surface area contributed by atoms with Crippen LogP contribution in [-0.4, -0.2) is 36.0 Å². The fraction of sp³-hybridized carbons (Fsp3) is 1.00. The van der Waals surface area contributed by atoms with Crippen molar-refractivity contribution in [3.63, 3.8) is 0 Å². The fourth-order valence-corrected chi connectivity index (χ4v) is 0.957. The summed E-state index contributed by atoms with van der Waals surface area (Å²) in [5, 5.41) is 6.57. The molecule has 114 valence electrons. The molecule has 0 saturated heterocycles. The topological polar surface area (TPSA) is 81.6 Å². The summed E-state index contributed by atoms with van der Waals surface area (Å²) < 4.78 is 8.74. The maximum absolute atomic E-state index is 8.74. The molecule has 4 N–H and O–H groups in total. The van der Waals surface area contributed by atoms with Gasteiger partial charge >= 0.3 is 8.25 Å². The predicted molar refractivity (Wildman–Crippen MR) is 80.3 cm³/mol. The van der Waals surface area contributed by atoms with Crippen molar-refractivity contribution in [1.29, 1.82) is 0 Å². The summed E-state index contributed by atoms with van der Waals surface area (Å²) in [7, 11) is -3.13. The van der Waals surface area contributed by atoms with E-state index < -0.39 is 8.25 Å². The van der Waals surface area contributed by atoms with E-state index in [1.165, 1.54) is 51.9 Å². The summed E-state index contributed by atoms with van der Waals surface area (Å²) in [5.41, 5.74) is 0. The minimum Gasteiger partial charge on any atom is -0.326 e. The molecule has 0 aliphatic carbocycles. The van der Waals surface area contributed by atoms with Gasteiger partial charge in [0.2, 0.25) is 0 Å². The van der Waals surface area contributed by atoms with E-state index in [1.807, 2.05) is 0 Å². The fourth-order valence-electron chi connectivity index (χ4n) is 0.957. The minimum atomic E-state index is -3.13. The van der Waals surface area contributed by atoms with E-state index in [2.05, 4.69) is 38.3 Å². The summed E-state index contributed by atoms with van der Waals surface area (Å²) >= 11 is 0. The van der Waals surface area contributed by atoms with E-state index in [0.29, 0.717) is 0 Å². The second-order valence-electron chi connectivity index (χ2n) is 3.78. The molecule has 0 aliphatic rings. The van der Waals surface area contributed by atoms with Crippen molar-refractivity contribution in [2.75, 3.05) is 26.2 Å². The van der Waals surface area contributed by atoms with Crippen LogP contribution in [-0.2, 0) is 4.57 Å². The van der Waals surface area contributed by atoms with Crippen molar-refractivity contribution in [1.82, 2.24) is 10.6 Å². The molecule has 0 aromatic rings. The Labute approximate surface area is 113 Å². The third-order valence-corrected chi connectivity index (χ3v) is 1.71. The zero-order valence-electron chi connectivity index (χ0n) is 12.5. The highest BCUT2D eigenvalue weighted by Crippen LogP contribution is 1.98. The van der Waals surface area contributed by atoms with E-state index in [9.17, 15) is 0 Å². The monoisotopic (exact) mass is 284 g/mol. The highest BCUT2D eigenvalue weighted by atomic mass is 31.1. The summed E-state index contributed by atoms with van der Waals surface area (Å²) in [6.07, 6.45) is 5.00. The van der Waals surface area contributed by atoms with Crippen molar-refractivity contribution in [3.8, 4) is 0 Å². The lowest BCUT2D eigenvalue weighted by Crippen LogP contribution is -2.14. The lowest BCUT2D eigenvalue weighted by molar-refractivity contribution is 0.405. The van der Waals surface area contributed by atoms with Crippen molar-refractivity contribution < 1.29 is 14.4 Å². The molecular weight excluding hydrogens is 251 g/mol. The van der Waals surface area contributed by atoms with Crippen LogP contribution in [0.1, 0.15) is 53.4 Å². The number of nitrogens with one attached hydrogen (secondary N) is 2. The molecule has 0 atom stereocenters. The third-order valence-electron chi connectivity index (χ3n) is 1.71. The molecule has 0 amide bonds. The average molecular weight is 284 g/mol. The molecule has 0 unspecified atom stereocenters. The van der Waals surface area contributed by atoms with Crippen LogP contribution in [0.25, 0.3) is 0 Å². The van der Waals surface area contributed by atoms with Crippen molar-refractivity contribution in [2.24, 2.45) is 0 Å². The molecule has 0 bridgehead atoms. The molecule has 0 radical (unpaired) electrons. The standard InChI is InChI=1S/2C6H15N.H3O3P/c2*1-3-5-7-6-4-2;1-4(2)3/h2*7H,3-6H2,1-2H3;4H,(H2,1,2,3). The lowest BCUT2D eigenvalue weighted by atomic mass is 10.4. The molecule has 6 heteroatoms. The van der Waals surface area contributed by atoms with Gasteiger partial charge in [-0.1, -0.05) is 27.7 Å². The first-order chi connectivity index (χ1) is 8.56. The molecular formula is C12H33N2O3P. The van der Waals surface area contributed by atoms with Gasteiger partial charge in [0.05, 0.1) is 0 Å². The molecule has 0 spiro atoms. The summed E-state index contributed by atoms with van der Waals surface area (Å²) in [4.78, 5) is 14.3. The molecule has 18 heavy (non-hydrogen) atoms. The van der Waals surface area contributed by atoms with Crippen molar-refractivity contribution in [3.05, 3.63) is 0 Å². The lowest BCUT2D eigenvalue weighted by Gasteiger charge is -1.95. The van der Waals surface area contributed by atoms with Crippen LogP contribution in [0.15, 0.2) is 0 Å². The number of hydrogen-bond donors (Lipinski definition) is 4. The van der Waals surface area contributed by atoms with Crippen LogP contribution >= 0.6 is 8.25 Å². The normalized spacial score (nSPS) is 9.28. The third kappa shape index (κ3) is 56.0. The Hall–Kier alpha value is 0.0700. The zero-order chi connectivity index (χ0) is 14.6. The molecule has 0 aromatic heterocycles. The number of rotatable bonds is 8. The SMILES string of the molecule is CCCNCCC.CCCNCCC.O=[PH](O)O. The second kappa shape index (κ2) is 25.8. The van der Waals surface area contributed by atoms with Gasteiger partial charge < -0.3 is 20.4 Å². The molecule has 0 rings (SSSR count). The molecule has 0 aliphatic heterocycles. The van der Waals surface area contributed by atoms with Gasteiger partial charge in [-0.15, -0.1) is 0 Å². The Morgan fingerprint density at radius 1 is 0.722 bits per heavy atom. The van der Waals surface area contributed by atoms with Crippen molar-refractivity contribution in [2.45, 2.75) is 53.4 Å². The first-order valence-electron chi connectivity index (χ1n) is 6.89. The van der Waals surface area contributed by atoms with Gasteiger partial charge in [-0.05, 0) is 51.9 Å². The predicted octanol–water partition coefficient (Wildman–Crippen LogP) is 2.15. The Morgan fingerprint density at radius 2 is 0.889 bits per heavy atom. The van der Waals surface area contributed by atoms with E-state index in [0.717, 1.165) is 0 Å². The van der Waals surface area contributed by atoms with E-state index in [-0.39, 0.29) is 0 Å². The van der Waals surface area contributed by atoms with Crippen LogP contribution < -0.4 is 10.6 Å². The van der Waals surface area contributed by atoms with E-state index in [4.69, 9.17) is 14.4 Å². The summed E-state index contributed by atoms with van der Waals surface area (Å²) in [6.45, 7) is 13.4. The zero-order valence-corrected chi connectivity index (χ0v) is 13.5. The van der Waals surface area contributed by atoms with Crippen LogP contribution in [0.3, 0.4) is 0 Å². The summed E-state index contributed by atoms with van der Waals surface area (Å²) in [5.74, 6) is 0. The maximum atomic E-state index is 8.74. The maximum Gasteiger partial charge on any atom is 0.314 e. The first kappa shape index (κ1) is 23.2. The largest absolute Gasteiger partial charge is 0.326 e. The highest BCUT2D eigenvalue weighted by molar-refractivity contribution is 7.30.